The molecule has 0 saturated heterocycles. The van der Waals surface area contributed by atoms with Gasteiger partial charge >= 0.3 is 5.97 Å². The molecular formula is C25H23FN2O6S. The molecule has 0 aromatic heterocycles. The Morgan fingerprint density at radius 1 is 1.06 bits per heavy atom. The van der Waals surface area contributed by atoms with Crippen LogP contribution in [0.25, 0.3) is 0 Å². The van der Waals surface area contributed by atoms with E-state index in [1.807, 2.05) is 12.1 Å². The predicted molar refractivity (Wildman–Crippen MR) is 128 cm³/mol. The zero-order valence-electron chi connectivity index (χ0n) is 19.0. The van der Waals surface area contributed by atoms with E-state index in [1.165, 1.54) is 54.7 Å². The second-order valence-electron chi connectivity index (χ2n) is 7.83. The monoisotopic (exact) mass is 498 g/mol. The van der Waals surface area contributed by atoms with Crippen molar-refractivity contribution in [1.82, 2.24) is 0 Å². The minimum atomic E-state index is -3.97. The Kier molecular flexibility index (Phi) is 6.74. The van der Waals surface area contributed by atoms with Crippen molar-refractivity contribution in [3.8, 4) is 5.75 Å². The fourth-order valence-corrected chi connectivity index (χ4v) is 5.30. The number of rotatable bonds is 7. The molecule has 3 aromatic rings. The van der Waals surface area contributed by atoms with Crippen molar-refractivity contribution in [3.63, 3.8) is 0 Å². The summed E-state index contributed by atoms with van der Waals surface area (Å²) in [4.78, 5) is 25.2. The molecule has 35 heavy (non-hydrogen) atoms. The number of ether oxygens (including phenoxy) is 2. The van der Waals surface area contributed by atoms with Crippen molar-refractivity contribution >= 4 is 33.3 Å². The molecule has 1 heterocycles. The van der Waals surface area contributed by atoms with Crippen molar-refractivity contribution in [2.45, 2.75) is 24.3 Å². The third-order valence-corrected chi connectivity index (χ3v) is 7.42. The minimum absolute atomic E-state index is 0.0584. The van der Waals surface area contributed by atoms with Crippen LogP contribution in [0.3, 0.4) is 0 Å². The number of hydrogen-bond donors (Lipinski definition) is 1. The van der Waals surface area contributed by atoms with Gasteiger partial charge in [-0.15, -0.1) is 0 Å². The lowest BCUT2D eigenvalue weighted by Crippen LogP contribution is -2.31. The van der Waals surface area contributed by atoms with Crippen LogP contribution in [0.1, 0.15) is 22.8 Å². The molecule has 0 spiro atoms. The zero-order valence-corrected chi connectivity index (χ0v) is 19.8. The first kappa shape index (κ1) is 24.2. The van der Waals surface area contributed by atoms with Crippen molar-refractivity contribution in [1.29, 1.82) is 0 Å². The SMILES string of the molecule is COc1ccc(S(=O)(=O)N2CCc3ccccc32)cc1C(=O)O[C@@H](C)C(=O)Nc1ccccc1F. The fraction of sp³-hybridized carbons (Fsp3) is 0.200. The second kappa shape index (κ2) is 9.75. The number of halogens is 1. The summed E-state index contributed by atoms with van der Waals surface area (Å²) in [6.45, 7) is 1.60. The fourth-order valence-electron chi connectivity index (χ4n) is 3.77. The summed E-state index contributed by atoms with van der Waals surface area (Å²) in [5, 5.41) is 2.35. The van der Waals surface area contributed by atoms with Gasteiger partial charge in [-0.25, -0.2) is 17.6 Å². The molecule has 3 aromatic carbocycles. The molecule has 0 bridgehead atoms. The van der Waals surface area contributed by atoms with Gasteiger partial charge in [-0.05, 0) is 55.3 Å². The van der Waals surface area contributed by atoms with E-state index in [0.717, 1.165) is 5.56 Å². The molecule has 4 rings (SSSR count). The summed E-state index contributed by atoms with van der Waals surface area (Å²) in [7, 11) is -2.65. The molecule has 0 aliphatic carbocycles. The second-order valence-corrected chi connectivity index (χ2v) is 9.70. The molecule has 1 N–H and O–H groups in total. The number of fused-ring (bicyclic) bond motifs is 1. The molecule has 0 unspecified atom stereocenters. The zero-order chi connectivity index (χ0) is 25.2. The third-order valence-electron chi connectivity index (χ3n) is 5.61. The van der Waals surface area contributed by atoms with Gasteiger partial charge in [0.1, 0.15) is 17.1 Å². The highest BCUT2D eigenvalue weighted by atomic mass is 32.2. The summed E-state index contributed by atoms with van der Waals surface area (Å²) in [6, 6.07) is 16.7. The van der Waals surface area contributed by atoms with Crippen LogP contribution in [0.5, 0.6) is 5.75 Å². The first-order chi connectivity index (χ1) is 16.7. The van der Waals surface area contributed by atoms with E-state index >= 15 is 0 Å². The smallest absolute Gasteiger partial charge is 0.342 e. The van der Waals surface area contributed by atoms with Gasteiger partial charge in [-0.1, -0.05) is 30.3 Å². The molecule has 0 saturated carbocycles. The normalized spacial score (nSPS) is 13.6. The van der Waals surface area contributed by atoms with E-state index in [9.17, 15) is 22.4 Å². The van der Waals surface area contributed by atoms with Gasteiger partial charge in [0, 0.05) is 6.54 Å². The number of nitrogens with zero attached hydrogens (tertiary/aromatic N) is 1. The van der Waals surface area contributed by atoms with Gasteiger partial charge in [0.2, 0.25) is 0 Å². The summed E-state index contributed by atoms with van der Waals surface area (Å²) in [5.41, 5.74) is 1.29. The summed E-state index contributed by atoms with van der Waals surface area (Å²) in [5.74, 6) is -2.27. The van der Waals surface area contributed by atoms with Crippen molar-refractivity contribution in [2.75, 3.05) is 23.3 Å². The molecule has 0 fully saturated rings. The Morgan fingerprint density at radius 2 is 1.77 bits per heavy atom. The molecule has 10 heteroatoms. The van der Waals surface area contributed by atoms with Gasteiger partial charge < -0.3 is 14.8 Å². The van der Waals surface area contributed by atoms with Gasteiger partial charge in [-0.3, -0.25) is 9.10 Å². The van der Waals surface area contributed by atoms with E-state index in [-0.39, 0.29) is 28.4 Å². The number of anilines is 2. The molecule has 1 atom stereocenters. The van der Waals surface area contributed by atoms with Crippen LogP contribution < -0.4 is 14.4 Å². The largest absolute Gasteiger partial charge is 0.496 e. The van der Waals surface area contributed by atoms with Gasteiger partial charge in [-0.2, -0.15) is 0 Å². The average molecular weight is 499 g/mol. The number of carbonyl (C=O) groups excluding carboxylic acids is 2. The van der Waals surface area contributed by atoms with Crippen LogP contribution in [0.2, 0.25) is 0 Å². The molecular weight excluding hydrogens is 475 g/mol. The van der Waals surface area contributed by atoms with Crippen molar-refractivity contribution in [2.24, 2.45) is 0 Å². The third kappa shape index (κ3) is 4.83. The maximum absolute atomic E-state index is 13.8. The van der Waals surface area contributed by atoms with Gasteiger partial charge in [0.25, 0.3) is 15.9 Å². The van der Waals surface area contributed by atoms with Crippen LogP contribution in [0.15, 0.2) is 71.6 Å². The van der Waals surface area contributed by atoms with E-state index in [0.29, 0.717) is 12.1 Å². The van der Waals surface area contributed by atoms with E-state index in [4.69, 9.17) is 9.47 Å². The van der Waals surface area contributed by atoms with Gasteiger partial charge in [0.05, 0.1) is 23.4 Å². The first-order valence-corrected chi connectivity index (χ1v) is 12.2. The molecule has 8 nitrogen and oxygen atoms in total. The van der Waals surface area contributed by atoms with E-state index in [1.54, 1.807) is 18.2 Å². The lowest BCUT2D eigenvalue weighted by molar-refractivity contribution is -0.123. The van der Waals surface area contributed by atoms with Crippen LogP contribution >= 0.6 is 0 Å². The van der Waals surface area contributed by atoms with Crippen LogP contribution in [0.4, 0.5) is 15.8 Å². The number of methoxy groups -OCH3 is 1. The lowest BCUT2D eigenvalue weighted by atomic mass is 10.2. The predicted octanol–water partition coefficient (Wildman–Crippen LogP) is 3.77. The maximum Gasteiger partial charge on any atom is 0.342 e. The Bertz CT molecular complexity index is 1390. The van der Waals surface area contributed by atoms with Crippen molar-refractivity contribution in [3.05, 3.63) is 83.7 Å². The van der Waals surface area contributed by atoms with E-state index < -0.39 is 33.8 Å². The number of amides is 1. The van der Waals surface area contributed by atoms with Crippen LogP contribution in [-0.4, -0.2) is 40.1 Å². The molecule has 1 aliphatic rings. The topological polar surface area (TPSA) is 102 Å². The Morgan fingerprint density at radius 3 is 2.51 bits per heavy atom. The Hall–Kier alpha value is -3.92. The molecule has 1 amide bonds. The van der Waals surface area contributed by atoms with Gasteiger partial charge in [0.15, 0.2) is 6.10 Å². The first-order valence-electron chi connectivity index (χ1n) is 10.8. The maximum atomic E-state index is 13.8. The quantitative estimate of drug-likeness (QED) is 0.498. The highest BCUT2D eigenvalue weighted by Gasteiger charge is 2.32. The molecule has 182 valence electrons. The summed E-state index contributed by atoms with van der Waals surface area (Å²) >= 11 is 0. The minimum Gasteiger partial charge on any atom is -0.496 e. The number of carbonyl (C=O) groups is 2. The highest BCUT2D eigenvalue weighted by molar-refractivity contribution is 7.92. The van der Waals surface area contributed by atoms with Crippen LogP contribution in [0, 0.1) is 5.82 Å². The summed E-state index contributed by atoms with van der Waals surface area (Å²) in [6.07, 6.45) is -0.715. The number of para-hydroxylation sites is 2. The van der Waals surface area contributed by atoms with Crippen LogP contribution in [-0.2, 0) is 26.0 Å². The molecule has 0 radical (unpaired) electrons. The Balaban J connectivity index is 1.56. The number of benzene rings is 3. The average Bonchev–Trinajstić information content (AvgIpc) is 3.30. The lowest BCUT2D eigenvalue weighted by Gasteiger charge is -2.20. The molecule has 1 aliphatic heterocycles. The Labute approximate surface area is 202 Å². The highest BCUT2D eigenvalue weighted by Crippen LogP contribution is 2.34. The number of hydrogen-bond acceptors (Lipinski definition) is 6. The van der Waals surface area contributed by atoms with E-state index in [2.05, 4.69) is 5.32 Å². The van der Waals surface area contributed by atoms with Crippen molar-refractivity contribution < 1.29 is 31.9 Å². The standard InChI is InChI=1S/C25H23FN2O6S/c1-16(24(29)27-21-9-5-4-8-20(21)26)34-25(30)19-15-18(11-12-23(19)33-2)35(31,32)28-14-13-17-7-3-6-10-22(17)28/h3-12,15-16H,13-14H2,1-2H3,(H,27,29)/t16-/m0/s1. The number of nitrogens with one attached hydrogen (secondary N) is 1. The number of sulfonamides is 1. The number of esters is 1. The summed E-state index contributed by atoms with van der Waals surface area (Å²) < 4.78 is 52.3.